The molecule has 1 amide bonds. The Kier molecular flexibility index (Phi) is 8.17. The van der Waals surface area contributed by atoms with Crippen molar-refractivity contribution in [2.45, 2.75) is 6.92 Å². The zero-order valence-electron chi connectivity index (χ0n) is 18.6. The molecule has 0 aliphatic carbocycles. The van der Waals surface area contributed by atoms with Gasteiger partial charge in [0, 0.05) is 41.9 Å². The lowest BCUT2D eigenvalue weighted by Crippen LogP contribution is -2.17. The van der Waals surface area contributed by atoms with E-state index in [-0.39, 0.29) is 11.3 Å². The number of hydrogen-bond donors (Lipinski definition) is 2. The number of non-ortho nitro benzene ring substituents is 1. The summed E-state index contributed by atoms with van der Waals surface area (Å²) in [6.45, 7) is 1.08. The van der Waals surface area contributed by atoms with E-state index in [9.17, 15) is 14.9 Å². The van der Waals surface area contributed by atoms with E-state index in [1.807, 2.05) is 66.9 Å². The molecule has 1 aromatic heterocycles. The number of carbonyl (C=O) groups excluding carboxylic acids is 1. The molecule has 4 aromatic rings. The van der Waals surface area contributed by atoms with Gasteiger partial charge in [0.1, 0.15) is 5.69 Å². The quantitative estimate of drug-likeness (QED) is 0.244. The molecule has 3 aromatic carbocycles. The number of aliphatic carboxylic acids is 1. The summed E-state index contributed by atoms with van der Waals surface area (Å²) in [6, 6.07) is 24.8. The molecule has 10 nitrogen and oxygen atoms in total. The second-order valence-corrected chi connectivity index (χ2v) is 7.10. The lowest BCUT2D eigenvalue weighted by molar-refractivity contribution is -0.384. The van der Waals surface area contributed by atoms with E-state index < -0.39 is 16.8 Å². The summed E-state index contributed by atoms with van der Waals surface area (Å²) in [5, 5.41) is 27.0. The number of amides is 1. The van der Waals surface area contributed by atoms with Crippen LogP contribution in [0.15, 0.2) is 96.2 Å². The highest BCUT2D eigenvalue weighted by Gasteiger charge is 2.12. The number of nitrogens with zero attached hydrogens (tertiary/aromatic N) is 4. The molecule has 2 N–H and O–H groups in total. The van der Waals surface area contributed by atoms with Gasteiger partial charge < -0.3 is 5.11 Å². The minimum absolute atomic E-state index is 0.148. The van der Waals surface area contributed by atoms with Gasteiger partial charge in [-0.25, -0.2) is 10.1 Å². The molecular weight excluding hydrogens is 450 g/mol. The van der Waals surface area contributed by atoms with Gasteiger partial charge in [0.2, 0.25) is 0 Å². The Morgan fingerprint density at radius 3 is 2.29 bits per heavy atom. The monoisotopic (exact) mass is 471 g/mol. The fourth-order valence-corrected chi connectivity index (χ4v) is 3.00. The maximum atomic E-state index is 12.3. The van der Waals surface area contributed by atoms with Crippen LogP contribution >= 0.6 is 0 Å². The third kappa shape index (κ3) is 6.93. The minimum atomic E-state index is -0.833. The zero-order valence-corrected chi connectivity index (χ0v) is 18.6. The fraction of sp³-hybridized carbons (Fsp3) is 0.0400. The van der Waals surface area contributed by atoms with Crippen molar-refractivity contribution in [1.29, 1.82) is 0 Å². The second kappa shape index (κ2) is 11.7. The number of carboxylic acids is 1. The van der Waals surface area contributed by atoms with Gasteiger partial charge in [-0.05, 0) is 18.2 Å². The van der Waals surface area contributed by atoms with E-state index in [0.717, 1.165) is 18.2 Å². The Morgan fingerprint density at radius 1 is 1.03 bits per heavy atom. The molecule has 0 saturated heterocycles. The maximum Gasteiger partial charge on any atom is 0.300 e. The topological polar surface area (TPSA) is 140 Å². The number of nitro groups is 1. The summed E-state index contributed by atoms with van der Waals surface area (Å²) >= 11 is 0. The first-order chi connectivity index (χ1) is 16.8. The highest BCUT2D eigenvalue weighted by Crippen LogP contribution is 2.22. The Morgan fingerprint density at radius 2 is 1.66 bits per heavy atom. The molecule has 176 valence electrons. The van der Waals surface area contributed by atoms with E-state index in [0.29, 0.717) is 11.3 Å². The average Bonchev–Trinajstić information content (AvgIpc) is 3.29. The zero-order chi connectivity index (χ0) is 25.2. The third-order valence-electron chi connectivity index (χ3n) is 4.50. The van der Waals surface area contributed by atoms with Gasteiger partial charge in [0.15, 0.2) is 0 Å². The predicted molar refractivity (Wildman–Crippen MR) is 130 cm³/mol. The van der Waals surface area contributed by atoms with Crippen LogP contribution in [-0.4, -0.2) is 37.9 Å². The smallest absolute Gasteiger partial charge is 0.300 e. The molecule has 0 aliphatic heterocycles. The molecule has 0 saturated carbocycles. The Labute approximate surface area is 200 Å². The van der Waals surface area contributed by atoms with Crippen molar-refractivity contribution in [2.75, 3.05) is 0 Å². The molecule has 0 aliphatic rings. The molecule has 0 unspecified atom stereocenters. The van der Waals surface area contributed by atoms with Gasteiger partial charge in [0.05, 0.1) is 16.8 Å². The van der Waals surface area contributed by atoms with Crippen molar-refractivity contribution in [3.63, 3.8) is 0 Å². The van der Waals surface area contributed by atoms with Crippen LogP contribution in [0.2, 0.25) is 0 Å². The van der Waals surface area contributed by atoms with Crippen LogP contribution in [0.3, 0.4) is 0 Å². The molecule has 0 fully saturated rings. The molecule has 4 rings (SSSR count). The van der Waals surface area contributed by atoms with Crippen LogP contribution in [-0.2, 0) is 4.79 Å². The highest BCUT2D eigenvalue weighted by molar-refractivity contribution is 5.96. The number of hydrogen-bond acceptors (Lipinski definition) is 6. The number of hydrazone groups is 1. The van der Waals surface area contributed by atoms with Crippen LogP contribution < -0.4 is 5.43 Å². The third-order valence-corrected chi connectivity index (χ3v) is 4.50. The van der Waals surface area contributed by atoms with Crippen molar-refractivity contribution in [3.05, 3.63) is 112 Å². The molecule has 1 heterocycles. The van der Waals surface area contributed by atoms with Crippen LogP contribution in [0.5, 0.6) is 0 Å². The van der Waals surface area contributed by atoms with Gasteiger partial charge in [-0.2, -0.15) is 10.2 Å². The lowest BCUT2D eigenvalue weighted by Gasteiger charge is -2.00. The summed E-state index contributed by atoms with van der Waals surface area (Å²) in [6.07, 6.45) is 3.32. The molecule has 0 bridgehead atoms. The summed E-state index contributed by atoms with van der Waals surface area (Å²) in [5.41, 5.74) is 5.60. The predicted octanol–water partition coefficient (Wildman–Crippen LogP) is 4.30. The first kappa shape index (κ1) is 24.5. The molecule has 0 spiro atoms. The molecule has 0 atom stereocenters. The van der Waals surface area contributed by atoms with Gasteiger partial charge in [-0.3, -0.25) is 19.7 Å². The number of benzene rings is 3. The van der Waals surface area contributed by atoms with Gasteiger partial charge in [-0.15, -0.1) is 0 Å². The van der Waals surface area contributed by atoms with Crippen LogP contribution in [0, 0.1) is 10.1 Å². The van der Waals surface area contributed by atoms with Crippen molar-refractivity contribution in [2.24, 2.45) is 5.10 Å². The number of carboxylic acid groups (broad SMARTS) is 1. The van der Waals surface area contributed by atoms with E-state index in [1.165, 1.54) is 30.5 Å². The van der Waals surface area contributed by atoms with Crippen molar-refractivity contribution in [1.82, 2.24) is 15.2 Å². The SMILES string of the molecule is CC(=O)O.O=C(NN=Cc1cn(-c2ccccc2)nc1-c1ccccc1)c1cccc([N+](=O)[O-])c1. The maximum absolute atomic E-state index is 12.3. The Hall–Kier alpha value is -5.12. The number of nitrogens with one attached hydrogen (secondary N) is 1. The van der Waals surface area contributed by atoms with Crippen LogP contribution in [0.25, 0.3) is 16.9 Å². The number of carbonyl (C=O) groups is 2. The van der Waals surface area contributed by atoms with Crippen molar-refractivity contribution < 1.29 is 19.6 Å². The summed E-state index contributed by atoms with van der Waals surface area (Å²) < 4.78 is 1.74. The van der Waals surface area contributed by atoms with Gasteiger partial charge in [0.25, 0.3) is 17.6 Å². The second-order valence-electron chi connectivity index (χ2n) is 7.10. The lowest BCUT2D eigenvalue weighted by atomic mass is 10.1. The van der Waals surface area contributed by atoms with Gasteiger partial charge >= 0.3 is 0 Å². The number of aromatic nitrogens is 2. The molecule has 10 heteroatoms. The first-order valence-corrected chi connectivity index (χ1v) is 10.3. The van der Waals surface area contributed by atoms with Crippen LogP contribution in [0.1, 0.15) is 22.8 Å². The van der Waals surface area contributed by atoms with Crippen LogP contribution in [0.4, 0.5) is 5.69 Å². The average molecular weight is 471 g/mol. The normalized spacial score (nSPS) is 10.3. The highest BCUT2D eigenvalue weighted by atomic mass is 16.6. The van der Waals surface area contributed by atoms with E-state index in [4.69, 9.17) is 9.90 Å². The number of nitro benzene ring substituents is 1. The van der Waals surface area contributed by atoms with Gasteiger partial charge in [-0.1, -0.05) is 54.6 Å². The summed E-state index contributed by atoms with van der Waals surface area (Å²) in [7, 11) is 0. The first-order valence-electron chi connectivity index (χ1n) is 10.3. The Bertz CT molecular complexity index is 1350. The summed E-state index contributed by atoms with van der Waals surface area (Å²) in [5.74, 6) is -1.38. The summed E-state index contributed by atoms with van der Waals surface area (Å²) in [4.78, 5) is 31.7. The largest absolute Gasteiger partial charge is 0.481 e. The Balaban J connectivity index is 0.000000795. The number of para-hydroxylation sites is 1. The molecular formula is C25H21N5O5. The molecule has 0 radical (unpaired) electrons. The van der Waals surface area contributed by atoms with E-state index in [1.54, 1.807) is 4.68 Å². The number of rotatable bonds is 6. The van der Waals surface area contributed by atoms with Crippen molar-refractivity contribution in [3.8, 4) is 16.9 Å². The minimum Gasteiger partial charge on any atom is -0.481 e. The van der Waals surface area contributed by atoms with E-state index >= 15 is 0 Å². The fourth-order valence-electron chi connectivity index (χ4n) is 3.00. The molecule has 35 heavy (non-hydrogen) atoms. The van der Waals surface area contributed by atoms with E-state index in [2.05, 4.69) is 15.6 Å². The standard InChI is InChI=1S/C23H17N5O3.C2H4O2/c29-23(18-10-7-13-21(14-18)28(30)31)25-24-15-19-16-27(20-11-5-2-6-12-20)26-22(19)17-8-3-1-4-9-17;1-2(3)4/h1-16H,(H,25,29);1H3,(H,3,4). The van der Waals surface area contributed by atoms with Crippen molar-refractivity contribution >= 4 is 23.8 Å².